The number of halogens is 1. The van der Waals surface area contributed by atoms with Crippen LogP contribution >= 0.6 is 11.6 Å². The van der Waals surface area contributed by atoms with Crippen molar-refractivity contribution in [3.63, 3.8) is 0 Å². The van der Waals surface area contributed by atoms with Gasteiger partial charge >= 0.3 is 0 Å². The molecule has 0 bridgehead atoms. The van der Waals surface area contributed by atoms with E-state index >= 15 is 0 Å². The third kappa shape index (κ3) is 5.64. The van der Waals surface area contributed by atoms with Gasteiger partial charge in [-0.3, -0.25) is 4.79 Å². The first-order chi connectivity index (χ1) is 18.4. The number of carbonyl (C=O) groups excluding carboxylic acids is 1. The molecule has 196 valence electrons. The highest BCUT2D eigenvalue weighted by Crippen LogP contribution is 2.35. The summed E-state index contributed by atoms with van der Waals surface area (Å²) in [5.41, 5.74) is 8.55. The van der Waals surface area contributed by atoms with Crippen molar-refractivity contribution in [2.75, 3.05) is 39.5 Å². The lowest BCUT2D eigenvalue weighted by atomic mass is 10.1. The number of aromatic nitrogens is 4. The second kappa shape index (κ2) is 11.2. The predicted molar refractivity (Wildman–Crippen MR) is 149 cm³/mol. The zero-order valence-corrected chi connectivity index (χ0v) is 22.2. The number of amides is 1. The number of nitrogens with two attached hydrogens (primary N) is 1. The Bertz CT molecular complexity index is 1450. The molecule has 10 heteroatoms. The van der Waals surface area contributed by atoms with Crippen molar-refractivity contribution in [2.24, 2.45) is 0 Å². The minimum Gasteiger partial charge on any atom is -0.457 e. The van der Waals surface area contributed by atoms with Crippen LogP contribution in [0, 0.1) is 0 Å². The molecule has 3 heterocycles. The average molecular weight is 532 g/mol. The highest BCUT2D eigenvalue weighted by molar-refractivity contribution is 6.30. The molecule has 0 aliphatic carbocycles. The number of nitrogens with zero attached hydrogens (tertiary/aromatic N) is 6. The minimum absolute atomic E-state index is 0.0126. The Labute approximate surface area is 226 Å². The average Bonchev–Trinajstić information content (AvgIpc) is 3.31. The first kappa shape index (κ1) is 25.7. The highest BCUT2D eigenvalue weighted by Gasteiger charge is 2.28. The van der Waals surface area contributed by atoms with Crippen LogP contribution in [-0.4, -0.2) is 69.2 Å². The van der Waals surface area contributed by atoms with E-state index in [1.165, 1.54) is 6.33 Å². The molecular weight excluding hydrogens is 502 g/mol. The molecule has 0 saturated carbocycles. The number of hydrogen-bond donors (Lipinski definition) is 1. The van der Waals surface area contributed by atoms with Crippen LogP contribution in [0.4, 0.5) is 5.82 Å². The van der Waals surface area contributed by atoms with Crippen LogP contribution in [0.15, 0.2) is 67.0 Å². The standard InChI is InChI=1S/C28H30ClN7O2/c1-34(2)15-4-6-24(37)35-16-3-5-21(17-35)36-28-25(27(30)31-18-32-28)26(33-36)19-7-11-22(12-8-19)38-23-13-9-20(29)10-14-23/h4,6-14,18,21H,3,5,15-17H2,1-2H3,(H2,30,31,32)/t21-/m0/s1. The number of fused-ring (bicyclic) bond motifs is 1. The van der Waals surface area contributed by atoms with Gasteiger partial charge in [0.2, 0.25) is 5.91 Å². The zero-order chi connectivity index (χ0) is 26.6. The number of likely N-dealkylation sites (N-methyl/N-ethyl adjacent to an activating group) is 1. The number of rotatable bonds is 7. The van der Waals surface area contributed by atoms with Crippen LogP contribution in [0.1, 0.15) is 18.9 Å². The number of nitrogen functional groups attached to an aromatic ring is 1. The lowest BCUT2D eigenvalue weighted by Gasteiger charge is -2.32. The summed E-state index contributed by atoms with van der Waals surface area (Å²) < 4.78 is 7.84. The number of piperidine rings is 1. The maximum absolute atomic E-state index is 12.8. The Kier molecular flexibility index (Phi) is 7.57. The molecule has 4 aromatic rings. The number of benzene rings is 2. The maximum atomic E-state index is 12.8. The van der Waals surface area contributed by atoms with E-state index in [1.54, 1.807) is 18.2 Å². The van der Waals surface area contributed by atoms with Gasteiger partial charge in [-0.1, -0.05) is 17.7 Å². The van der Waals surface area contributed by atoms with Crippen molar-refractivity contribution in [1.82, 2.24) is 29.5 Å². The fourth-order valence-corrected chi connectivity index (χ4v) is 4.72. The fourth-order valence-electron chi connectivity index (χ4n) is 4.60. The number of ether oxygens (including phenoxy) is 1. The Balaban J connectivity index is 1.41. The van der Waals surface area contributed by atoms with Gasteiger partial charge in [0.05, 0.1) is 11.4 Å². The second-order valence-corrected chi connectivity index (χ2v) is 10.0. The topological polar surface area (TPSA) is 102 Å². The van der Waals surface area contributed by atoms with Gasteiger partial charge in [-0.15, -0.1) is 0 Å². The van der Waals surface area contributed by atoms with Gasteiger partial charge in [0.1, 0.15) is 29.3 Å². The fraction of sp³-hybridized carbons (Fsp3) is 0.286. The van der Waals surface area contributed by atoms with E-state index in [9.17, 15) is 4.79 Å². The van der Waals surface area contributed by atoms with E-state index in [0.29, 0.717) is 45.6 Å². The SMILES string of the molecule is CN(C)CC=CC(=O)N1CCC[C@H](n2nc(-c3ccc(Oc4ccc(Cl)cc4)cc3)c3c(N)ncnc32)C1. The van der Waals surface area contributed by atoms with Gasteiger partial charge in [-0.05, 0) is 75.5 Å². The third-order valence-corrected chi connectivity index (χ3v) is 6.73. The van der Waals surface area contributed by atoms with Crippen molar-refractivity contribution in [3.8, 4) is 22.8 Å². The smallest absolute Gasteiger partial charge is 0.246 e. The molecule has 1 atom stereocenters. The van der Waals surface area contributed by atoms with Gasteiger partial charge in [-0.2, -0.15) is 5.10 Å². The summed E-state index contributed by atoms with van der Waals surface area (Å²) in [6, 6.07) is 14.8. The van der Waals surface area contributed by atoms with Crippen LogP contribution in [0.25, 0.3) is 22.3 Å². The Hall–Kier alpha value is -3.95. The summed E-state index contributed by atoms with van der Waals surface area (Å²) in [5.74, 6) is 1.77. The monoisotopic (exact) mass is 531 g/mol. The molecule has 1 amide bonds. The van der Waals surface area contributed by atoms with Gasteiger partial charge < -0.3 is 20.3 Å². The normalized spacial score (nSPS) is 16.0. The van der Waals surface area contributed by atoms with Crippen LogP contribution in [0.5, 0.6) is 11.5 Å². The van der Waals surface area contributed by atoms with E-state index in [0.717, 1.165) is 31.5 Å². The summed E-state index contributed by atoms with van der Waals surface area (Å²) in [4.78, 5) is 25.5. The van der Waals surface area contributed by atoms with Crippen LogP contribution < -0.4 is 10.5 Å². The second-order valence-electron chi connectivity index (χ2n) is 9.58. The molecule has 5 rings (SSSR count). The predicted octanol–water partition coefficient (Wildman–Crippen LogP) is 4.80. The minimum atomic E-state index is -0.0204. The van der Waals surface area contributed by atoms with E-state index < -0.39 is 0 Å². The maximum Gasteiger partial charge on any atom is 0.246 e. The van der Waals surface area contributed by atoms with E-state index in [4.69, 9.17) is 27.2 Å². The molecule has 0 radical (unpaired) electrons. The highest BCUT2D eigenvalue weighted by atomic mass is 35.5. The van der Waals surface area contributed by atoms with Crippen molar-refractivity contribution in [2.45, 2.75) is 18.9 Å². The Morgan fingerprint density at radius 3 is 2.55 bits per heavy atom. The lowest BCUT2D eigenvalue weighted by molar-refractivity contribution is -0.127. The van der Waals surface area contributed by atoms with Crippen LogP contribution in [0.3, 0.4) is 0 Å². The van der Waals surface area contributed by atoms with Gasteiger partial charge in [0, 0.05) is 36.3 Å². The summed E-state index contributed by atoms with van der Waals surface area (Å²) in [5, 5.41) is 6.32. The Morgan fingerprint density at radius 2 is 1.84 bits per heavy atom. The first-order valence-corrected chi connectivity index (χ1v) is 12.9. The van der Waals surface area contributed by atoms with Crippen molar-refractivity contribution < 1.29 is 9.53 Å². The summed E-state index contributed by atoms with van der Waals surface area (Å²) in [6.45, 7) is 1.99. The van der Waals surface area contributed by atoms with Crippen molar-refractivity contribution in [3.05, 3.63) is 72.0 Å². The molecule has 2 N–H and O–H groups in total. The number of anilines is 1. The third-order valence-electron chi connectivity index (χ3n) is 6.48. The van der Waals surface area contributed by atoms with Gasteiger partial charge in [0.15, 0.2) is 5.65 Å². The van der Waals surface area contributed by atoms with E-state index in [-0.39, 0.29) is 11.9 Å². The van der Waals surface area contributed by atoms with Crippen molar-refractivity contribution in [1.29, 1.82) is 0 Å². The van der Waals surface area contributed by atoms with Crippen LogP contribution in [0.2, 0.25) is 5.02 Å². The molecule has 1 saturated heterocycles. The quantitative estimate of drug-likeness (QED) is 0.342. The Morgan fingerprint density at radius 1 is 1.13 bits per heavy atom. The molecule has 1 aliphatic rings. The van der Waals surface area contributed by atoms with E-state index in [2.05, 4.69) is 9.97 Å². The molecule has 38 heavy (non-hydrogen) atoms. The first-order valence-electron chi connectivity index (χ1n) is 12.5. The molecule has 9 nitrogen and oxygen atoms in total. The molecule has 0 spiro atoms. The largest absolute Gasteiger partial charge is 0.457 e. The van der Waals surface area contributed by atoms with Gasteiger partial charge in [0.25, 0.3) is 0 Å². The summed E-state index contributed by atoms with van der Waals surface area (Å²) in [7, 11) is 3.94. The summed E-state index contributed by atoms with van der Waals surface area (Å²) >= 11 is 5.97. The molecule has 1 fully saturated rings. The molecular formula is C28H30ClN7O2. The summed E-state index contributed by atoms with van der Waals surface area (Å²) in [6.07, 6.45) is 6.77. The molecule has 0 unspecified atom stereocenters. The molecule has 1 aliphatic heterocycles. The molecule has 2 aromatic heterocycles. The number of hydrogen-bond acceptors (Lipinski definition) is 7. The van der Waals surface area contributed by atoms with Crippen molar-refractivity contribution >= 4 is 34.4 Å². The van der Waals surface area contributed by atoms with Gasteiger partial charge in [-0.25, -0.2) is 14.6 Å². The van der Waals surface area contributed by atoms with Crippen LogP contribution in [-0.2, 0) is 4.79 Å². The van der Waals surface area contributed by atoms with E-state index in [1.807, 2.05) is 71.1 Å². The lowest BCUT2D eigenvalue weighted by Crippen LogP contribution is -2.40. The molecule has 2 aromatic carbocycles. The number of carbonyl (C=O) groups is 1. The zero-order valence-electron chi connectivity index (χ0n) is 21.4. The number of likely N-dealkylation sites (tertiary alicyclic amines) is 1.